The van der Waals surface area contributed by atoms with Crippen LogP contribution in [0.2, 0.25) is 0 Å². The number of Topliss-reactive ketones (excluding diaryl/α,β-unsaturated/α-hetero) is 1. The first-order valence-corrected chi connectivity index (χ1v) is 11.0. The van der Waals surface area contributed by atoms with Crippen molar-refractivity contribution in [3.05, 3.63) is 30.1 Å². The maximum Gasteiger partial charge on any atom is 0.219 e. The maximum absolute atomic E-state index is 11.9. The van der Waals surface area contributed by atoms with Gasteiger partial charge < -0.3 is 15.5 Å². The van der Waals surface area contributed by atoms with Crippen molar-refractivity contribution in [1.82, 2.24) is 14.8 Å². The molecule has 0 atom stereocenters. The highest BCUT2D eigenvalue weighted by atomic mass is 16.2. The largest absolute Gasteiger partial charge is 0.343 e. The predicted octanol–water partition coefficient (Wildman–Crippen LogP) is 2.19. The van der Waals surface area contributed by atoms with Crippen LogP contribution in [-0.2, 0) is 20.8 Å². The minimum absolute atomic E-state index is 0.162. The van der Waals surface area contributed by atoms with E-state index in [2.05, 4.69) is 4.98 Å². The Morgan fingerprint density at radius 3 is 2.03 bits per heavy atom. The van der Waals surface area contributed by atoms with Crippen molar-refractivity contribution in [2.75, 3.05) is 26.2 Å². The molecule has 3 heterocycles. The molecule has 1 aromatic rings. The van der Waals surface area contributed by atoms with E-state index in [0.29, 0.717) is 24.8 Å². The van der Waals surface area contributed by atoms with Crippen LogP contribution in [-0.4, -0.2) is 64.6 Å². The van der Waals surface area contributed by atoms with Crippen LogP contribution >= 0.6 is 0 Å². The molecule has 2 amide bonds. The molecule has 2 N–H and O–H groups in total. The minimum atomic E-state index is 0.162. The van der Waals surface area contributed by atoms with E-state index in [1.807, 2.05) is 28.0 Å². The van der Waals surface area contributed by atoms with Gasteiger partial charge in [0.2, 0.25) is 11.8 Å². The molecule has 2 aliphatic rings. The summed E-state index contributed by atoms with van der Waals surface area (Å²) in [6.45, 7) is 6.60. The van der Waals surface area contributed by atoms with Crippen LogP contribution in [0.15, 0.2) is 24.4 Å². The molecule has 0 aliphatic carbocycles. The number of aromatic nitrogens is 1. The molecule has 30 heavy (non-hydrogen) atoms. The fourth-order valence-corrected chi connectivity index (χ4v) is 3.91. The number of amides is 2. The molecule has 2 aliphatic heterocycles. The van der Waals surface area contributed by atoms with E-state index in [4.69, 9.17) is 5.73 Å². The van der Waals surface area contributed by atoms with Crippen molar-refractivity contribution < 1.29 is 14.4 Å². The highest BCUT2D eigenvalue weighted by Gasteiger charge is 2.21. The molecule has 0 saturated carbocycles. The van der Waals surface area contributed by atoms with Gasteiger partial charge in [-0.3, -0.25) is 19.4 Å². The van der Waals surface area contributed by atoms with Gasteiger partial charge in [0, 0.05) is 70.8 Å². The summed E-state index contributed by atoms with van der Waals surface area (Å²) in [6, 6.07) is 5.98. The van der Waals surface area contributed by atoms with Crippen molar-refractivity contribution in [2.24, 2.45) is 11.7 Å². The van der Waals surface area contributed by atoms with Crippen LogP contribution in [0.4, 0.5) is 0 Å². The second kappa shape index (κ2) is 12.4. The SMILES string of the molecule is CC(=O)N1CCC(CCC(=O)Cc2ccccn2)CC1.CC(=O)N1CCC(N)CC1. The molecule has 2 fully saturated rings. The summed E-state index contributed by atoms with van der Waals surface area (Å²) in [5.41, 5.74) is 6.51. The molecule has 1 aromatic heterocycles. The summed E-state index contributed by atoms with van der Waals surface area (Å²) in [4.78, 5) is 41.9. The predicted molar refractivity (Wildman–Crippen MR) is 117 cm³/mol. The van der Waals surface area contributed by atoms with Gasteiger partial charge in [0.05, 0.1) is 0 Å². The van der Waals surface area contributed by atoms with Gasteiger partial charge in [0.1, 0.15) is 5.78 Å². The first kappa shape index (κ1) is 24.0. The van der Waals surface area contributed by atoms with Gasteiger partial charge in [0.15, 0.2) is 0 Å². The van der Waals surface area contributed by atoms with Crippen molar-refractivity contribution in [1.29, 1.82) is 0 Å². The van der Waals surface area contributed by atoms with Gasteiger partial charge >= 0.3 is 0 Å². The maximum atomic E-state index is 11.9. The standard InChI is InChI=1S/C16H22N2O2.C7H14N2O/c1-13(19)18-10-7-14(8-11-18)5-6-16(20)12-15-4-2-3-9-17-15;1-6(10)9-4-2-7(8)3-5-9/h2-4,9,14H,5-8,10-12H2,1H3;7H,2-5,8H2,1H3. The van der Waals surface area contributed by atoms with Crippen LogP contribution < -0.4 is 5.73 Å². The number of carbonyl (C=O) groups is 3. The monoisotopic (exact) mass is 416 g/mol. The summed E-state index contributed by atoms with van der Waals surface area (Å²) in [6.07, 6.45) is 7.69. The number of nitrogens with two attached hydrogens (primary N) is 1. The summed E-state index contributed by atoms with van der Waals surface area (Å²) < 4.78 is 0. The number of pyridine rings is 1. The van der Waals surface area contributed by atoms with Gasteiger partial charge in [-0.15, -0.1) is 0 Å². The zero-order valence-corrected chi connectivity index (χ0v) is 18.4. The number of hydrogen-bond donors (Lipinski definition) is 1. The minimum Gasteiger partial charge on any atom is -0.343 e. The van der Waals surface area contributed by atoms with Crippen LogP contribution in [0.3, 0.4) is 0 Å². The van der Waals surface area contributed by atoms with E-state index in [-0.39, 0.29) is 17.6 Å². The van der Waals surface area contributed by atoms with E-state index in [1.54, 1.807) is 20.0 Å². The molecule has 0 aromatic carbocycles. The van der Waals surface area contributed by atoms with Crippen molar-refractivity contribution in [3.8, 4) is 0 Å². The second-order valence-electron chi connectivity index (χ2n) is 8.37. The first-order chi connectivity index (χ1) is 14.3. The third kappa shape index (κ3) is 8.61. The van der Waals surface area contributed by atoms with Gasteiger partial charge in [-0.2, -0.15) is 0 Å². The normalized spacial score (nSPS) is 17.8. The number of nitrogens with zero attached hydrogens (tertiary/aromatic N) is 3. The van der Waals surface area contributed by atoms with Crippen LogP contribution in [0.5, 0.6) is 0 Å². The molecular weight excluding hydrogens is 380 g/mol. The van der Waals surface area contributed by atoms with Gasteiger partial charge in [-0.25, -0.2) is 0 Å². The Bertz CT molecular complexity index is 679. The number of rotatable bonds is 5. The lowest BCUT2D eigenvalue weighted by Gasteiger charge is -2.31. The van der Waals surface area contributed by atoms with Crippen molar-refractivity contribution in [3.63, 3.8) is 0 Å². The molecule has 0 spiro atoms. The van der Waals surface area contributed by atoms with E-state index in [1.165, 1.54) is 0 Å². The fourth-order valence-electron chi connectivity index (χ4n) is 3.91. The van der Waals surface area contributed by atoms with E-state index >= 15 is 0 Å². The van der Waals surface area contributed by atoms with Crippen LogP contribution in [0.25, 0.3) is 0 Å². The Labute approximate surface area is 180 Å². The van der Waals surface area contributed by atoms with Crippen molar-refractivity contribution in [2.45, 2.75) is 64.8 Å². The highest BCUT2D eigenvalue weighted by molar-refractivity contribution is 5.80. The second-order valence-corrected chi connectivity index (χ2v) is 8.37. The number of ketones is 1. The Kier molecular flexibility index (Phi) is 9.94. The summed E-state index contributed by atoms with van der Waals surface area (Å²) in [5.74, 6) is 1.18. The van der Waals surface area contributed by atoms with E-state index in [0.717, 1.165) is 64.0 Å². The molecule has 3 rings (SSSR count). The van der Waals surface area contributed by atoms with Crippen LogP contribution in [0.1, 0.15) is 58.1 Å². The molecule has 7 heteroatoms. The summed E-state index contributed by atoms with van der Waals surface area (Å²) in [7, 11) is 0. The third-order valence-corrected chi connectivity index (χ3v) is 5.98. The average molecular weight is 417 g/mol. The summed E-state index contributed by atoms with van der Waals surface area (Å²) >= 11 is 0. The molecular formula is C23H36N4O3. The molecule has 2 saturated heterocycles. The average Bonchev–Trinajstić information content (AvgIpc) is 2.74. The molecule has 0 radical (unpaired) electrons. The number of likely N-dealkylation sites (tertiary alicyclic amines) is 2. The third-order valence-electron chi connectivity index (χ3n) is 5.98. The van der Waals surface area contributed by atoms with Gasteiger partial charge in [-0.1, -0.05) is 6.07 Å². The van der Waals surface area contributed by atoms with E-state index < -0.39 is 0 Å². The number of hydrogen-bond acceptors (Lipinski definition) is 5. The lowest BCUT2D eigenvalue weighted by molar-refractivity contribution is -0.130. The Morgan fingerprint density at radius 2 is 1.53 bits per heavy atom. The zero-order valence-electron chi connectivity index (χ0n) is 18.4. The van der Waals surface area contributed by atoms with E-state index in [9.17, 15) is 14.4 Å². The quantitative estimate of drug-likeness (QED) is 0.794. The van der Waals surface area contributed by atoms with Crippen molar-refractivity contribution >= 4 is 17.6 Å². The molecule has 0 unspecified atom stereocenters. The first-order valence-electron chi connectivity index (χ1n) is 11.0. The van der Waals surface area contributed by atoms with Gasteiger partial charge in [0.25, 0.3) is 0 Å². The lowest BCUT2D eigenvalue weighted by atomic mass is 9.91. The number of piperidine rings is 2. The van der Waals surface area contributed by atoms with Gasteiger partial charge in [-0.05, 0) is 50.2 Å². The molecule has 166 valence electrons. The lowest BCUT2D eigenvalue weighted by Crippen LogP contribution is -2.41. The molecule has 7 nitrogen and oxygen atoms in total. The smallest absolute Gasteiger partial charge is 0.219 e. The topological polar surface area (TPSA) is 96.6 Å². The highest BCUT2D eigenvalue weighted by Crippen LogP contribution is 2.22. The Hall–Kier alpha value is -2.28. The zero-order chi connectivity index (χ0) is 21.9. The Morgan fingerprint density at radius 1 is 0.967 bits per heavy atom. The number of carbonyl (C=O) groups excluding carboxylic acids is 3. The van der Waals surface area contributed by atoms with Crippen LogP contribution in [0, 0.1) is 5.92 Å². The fraction of sp³-hybridized carbons (Fsp3) is 0.652. The molecule has 0 bridgehead atoms. The summed E-state index contributed by atoms with van der Waals surface area (Å²) in [5, 5.41) is 0. The Balaban J connectivity index is 0.000000269.